The Balaban J connectivity index is 0.00000207. The van der Waals surface area contributed by atoms with Crippen molar-refractivity contribution in [3.8, 4) is 5.30 Å². The molecule has 9 aromatic carbocycles. The van der Waals surface area contributed by atoms with Crippen molar-refractivity contribution in [1.82, 2.24) is 0 Å². The molecule has 2 aliphatic rings. The maximum Gasteiger partial charge on any atom is 0.0547 e. The number of hydrogen-bond acceptors (Lipinski definition) is 2. The Hall–Kier alpha value is -6.60. The van der Waals surface area contributed by atoms with E-state index in [1.165, 1.54) is 104 Å². The van der Waals surface area contributed by atoms with Gasteiger partial charge in [-0.2, -0.15) is 0 Å². The zero-order valence-electron chi connectivity index (χ0n) is 35.7. The fourth-order valence-electron chi connectivity index (χ4n) is 10.7. The fourth-order valence-corrected chi connectivity index (χ4v) is 13.7. The summed E-state index contributed by atoms with van der Waals surface area (Å²) in [5.74, 6) is 0. The summed E-state index contributed by atoms with van der Waals surface area (Å²) in [6.45, 7) is 13.5. The molecule has 2 aliphatic heterocycles. The van der Waals surface area contributed by atoms with Gasteiger partial charge in [-0.05, 0) is 85.5 Å². The molecular weight excluding hydrogens is 756 g/mol. The van der Waals surface area contributed by atoms with E-state index >= 15 is 0 Å². The number of benzene rings is 9. The van der Waals surface area contributed by atoms with Gasteiger partial charge in [-0.1, -0.05) is 201 Å². The SMILES string of the molecule is CC.CC1(C)c2ccccc2N(c2cc3c4cc(N5c6ccccc6C(C)(C)c6ccccc65)c5ccccc5c4p(-c4ccccc4)c3c3ccccc23)c2ccccc21. The minimum Gasteiger partial charge on any atom is -0.309 e. The molecular formula is C58H49N2P. The van der Waals surface area contributed by atoms with E-state index < -0.39 is 7.53 Å². The van der Waals surface area contributed by atoms with Crippen LogP contribution in [0.1, 0.15) is 63.8 Å². The Morgan fingerprint density at radius 3 is 0.967 bits per heavy atom. The van der Waals surface area contributed by atoms with Crippen LogP contribution in [0.25, 0.3) is 47.9 Å². The molecule has 0 bridgehead atoms. The molecule has 0 fully saturated rings. The third kappa shape index (κ3) is 5.28. The van der Waals surface area contributed by atoms with Crippen molar-refractivity contribution >= 4 is 84.2 Å². The first-order valence-corrected chi connectivity index (χ1v) is 23.1. The molecule has 0 spiro atoms. The molecule has 3 heteroatoms. The van der Waals surface area contributed by atoms with Gasteiger partial charge in [-0.25, -0.2) is 0 Å². The molecule has 0 radical (unpaired) electrons. The monoisotopic (exact) mass is 804 g/mol. The van der Waals surface area contributed by atoms with Crippen LogP contribution in [0.4, 0.5) is 34.1 Å². The number of fused-ring (bicyclic) bond motifs is 11. The Kier molecular flexibility index (Phi) is 8.57. The molecule has 0 N–H and O–H groups in total. The van der Waals surface area contributed by atoms with E-state index in [0.717, 1.165) is 0 Å². The molecule has 0 atom stereocenters. The third-order valence-corrected chi connectivity index (χ3v) is 16.2. The van der Waals surface area contributed by atoms with Gasteiger partial charge in [-0.15, -0.1) is 0 Å². The summed E-state index contributed by atoms with van der Waals surface area (Å²) >= 11 is 0. The van der Waals surface area contributed by atoms with Crippen molar-refractivity contribution in [2.75, 3.05) is 9.80 Å². The van der Waals surface area contributed by atoms with E-state index in [2.05, 4.69) is 226 Å². The van der Waals surface area contributed by atoms with Crippen LogP contribution in [0.15, 0.2) is 188 Å². The van der Waals surface area contributed by atoms with E-state index in [0.29, 0.717) is 0 Å². The standard InChI is InChI=1S/C56H43N2P.C2H6/c1-55(2)43-26-12-16-30-47(43)57(48-31-17-13-27-44(48)55)51-34-41-42-35-52(58-49-32-18-14-28-45(49)56(3,4)46-29-15-19-33-50(46)58)38-23-9-11-25-40(38)54(42)59(36-20-6-5-7-21-36)53(41)39-24-10-8-22-37(39)51;1-2/h5-35H,1-4H3;1-2H3. The highest BCUT2D eigenvalue weighted by atomic mass is 31.1. The van der Waals surface area contributed by atoms with Crippen molar-refractivity contribution in [3.63, 3.8) is 0 Å². The number of nitrogens with zero attached hydrogens (tertiary/aromatic N) is 2. The highest BCUT2D eigenvalue weighted by Gasteiger charge is 2.39. The molecule has 12 rings (SSSR count). The molecule has 0 saturated carbocycles. The second-order valence-electron chi connectivity index (χ2n) is 17.3. The summed E-state index contributed by atoms with van der Waals surface area (Å²) in [6.07, 6.45) is 0. The number of rotatable bonds is 3. The normalized spacial score (nSPS) is 14.6. The van der Waals surface area contributed by atoms with Gasteiger partial charge in [0.2, 0.25) is 0 Å². The second-order valence-corrected chi connectivity index (χ2v) is 19.4. The van der Waals surface area contributed by atoms with Crippen LogP contribution in [0.2, 0.25) is 0 Å². The lowest BCUT2D eigenvalue weighted by molar-refractivity contribution is 0.632. The first-order chi connectivity index (χ1) is 29.8. The highest BCUT2D eigenvalue weighted by molar-refractivity contribution is 7.68. The largest absolute Gasteiger partial charge is 0.309 e. The Labute approximate surface area is 360 Å². The summed E-state index contributed by atoms with van der Waals surface area (Å²) in [6, 6.07) is 70.9. The van der Waals surface area contributed by atoms with E-state index in [1.54, 1.807) is 0 Å². The summed E-state index contributed by atoms with van der Waals surface area (Å²) in [4.78, 5) is 5.12. The van der Waals surface area contributed by atoms with Crippen LogP contribution in [-0.4, -0.2) is 0 Å². The third-order valence-electron chi connectivity index (χ3n) is 13.5. The minimum absolute atomic E-state index is 0.145. The Bertz CT molecular complexity index is 3050. The maximum atomic E-state index is 2.56. The van der Waals surface area contributed by atoms with Crippen molar-refractivity contribution in [2.24, 2.45) is 0 Å². The lowest BCUT2D eigenvalue weighted by Crippen LogP contribution is -2.30. The van der Waals surface area contributed by atoms with Gasteiger partial charge in [0.05, 0.1) is 34.1 Å². The number of anilines is 6. The lowest BCUT2D eigenvalue weighted by Gasteiger charge is -2.42. The molecule has 0 unspecified atom stereocenters. The number of para-hydroxylation sites is 4. The quantitative estimate of drug-likeness (QED) is 0.176. The molecule has 296 valence electrons. The van der Waals surface area contributed by atoms with Crippen LogP contribution in [-0.2, 0) is 10.8 Å². The van der Waals surface area contributed by atoms with Gasteiger partial charge in [0.25, 0.3) is 0 Å². The van der Waals surface area contributed by atoms with E-state index in [4.69, 9.17) is 0 Å². The summed E-state index contributed by atoms with van der Waals surface area (Å²) in [5, 5.41) is 12.1. The summed E-state index contributed by atoms with van der Waals surface area (Å²) in [7, 11) is -0.909. The first kappa shape index (κ1) is 37.4. The number of hydrogen-bond donors (Lipinski definition) is 0. The molecule has 10 aromatic rings. The van der Waals surface area contributed by atoms with Crippen molar-refractivity contribution in [2.45, 2.75) is 52.4 Å². The Morgan fingerprint density at radius 1 is 0.311 bits per heavy atom. The predicted molar refractivity (Wildman–Crippen MR) is 265 cm³/mol. The topological polar surface area (TPSA) is 6.48 Å². The van der Waals surface area contributed by atoms with Gasteiger partial charge in [0.15, 0.2) is 0 Å². The van der Waals surface area contributed by atoms with Crippen molar-refractivity contribution < 1.29 is 0 Å². The van der Waals surface area contributed by atoms with Crippen LogP contribution in [0.5, 0.6) is 0 Å². The van der Waals surface area contributed by atoms with Gasteiger partial charge in [0, 0.05) is 31.8 Å². The molecule has 3 heterocycles. The predicted octanol–water partition coefficient (Wildman–Crippen LogP) is 17.5. The molecule has 61 heavy (non-hydrogen) atoms. The average Bonchev–Trinajstić information content (AvgIpc) is 3.65. The molecule has 0 saturated heterocycles. The highest BCUT2D eigenvalue weighted by Crippen LogP contribution is 2.63. The Morgan fingerprint density at radius 2 is 0.607 bits per heavy atom. The van der Waals surface area contributed by atoms with Gasteiger partial charge in [0.1, 0.15) is 0 Å². The van der Waals surface area contributed by atoms with Gasteiger partial charge >= 0.3 is 0 Å². The van der Waals surface area contributed by atoms with Crippen molar-refractivity contribution in [3.05, 3.63) is 210 Å². The van der Waals surface area contributed by atoms with E-state index in [1.807, 2.05) is 13.8 Å². The van der Waals surface area contributed by atoms with Crippen LogP contribution in [0, 0.1) is 0 Å². The molecule has 0 aliphatic carbocycles. The molecule has 0 amide bonds. The van der Waals surface area contributed by atoms with Crippen molar-refractivity contribution in [1.29, 1.82) is 0 Å². The van der Waals surface area contributed by atoms with E-state index in [9.17, 15) is 0 Å². The van der Waals surface area contributed by atoms with Crippen LogP contribution in [0.3, 0.4) is 0 Å². The fraction of sp³-hybridized carbons (Fsp3) is 0.138. The smallest absolute Gasteiger partial charge is 0.0547 e. The lowest BCUT2D eigenvalue weighted by atomic mass is 9.73. The molecule has 2 nitrogen and oxygen atoms in total. The zero-order valence-corrected chi connectivity index (χ0v) is 36.6. The average molecular weight is 805 g/mol. The van der Waals surface area contributed by atoms with Crippen LogP contribution >= 0.6 is 7.53 Å². The maximum absolute atomic E-state index is 2.56. The minimum atomic E-state index is -0.909. The summed E-state index contributed by atoms with van der Waals surface area (Å²) < 4.78 is 0. The van der Waals surface area contributed by atoms with Crippen LogP contribution < -0.4 is 9.80 Å². The molecule has 1 aromatic heterocycles. The zero-order chi connectivity index (χ0) is 41.6. The van der Waals surface area contributed by atoms with Gasteiger partial charge < -0.3 is 9.80 Å². The van der Waals surface area contributed by atoms with Gasteiger partial charge in [-0.3, -0.25) is 0 Å². The summed E-state index contributed by atoms with van der Waals surface area (Å²) in [5.41, 5.74) is 12.5. The van der Waals surface area contributed by atoms with E-state index in [-0.39, 0.29) is 10.8 Å². The second kappa shape index (κ2) is 14.0. The first-order valence-electron chi connectivity index (χ1n) is 21.8.